The number of carbonyl (C=O) groups is 2. The molecule has 1 fully saturated rings. The van der Waals surface area contributed by atoms with Crippen LogP contribution in [-0.2, 0) is 4.79 Å². The highest BCUT2D eigenvalue weighted by atomic mass is 16.4. The molecule has 0 aliphatic heterocycles. The number of carbonyl (C=O) groups excluding carboxylic acids is 1. The van der Waals surface area contributed by atoms with Gasteiger partial charge >= 0.3 is 12.0 Å². The van der Waals surface area contributed by atoms with Crippen LogP contribution in [0.3, 0.4) is 0 Å². The predicted molar refractivity (Wildman–Crippen MR) is 60.2 cm³/mol. The Morgan fingerprint density at radius 3 is 2.69 bits per heavy atom. The molecule has 0 aromatic carbocycles. The van der Waals surface area contributed by atoms with Crippen LogP contribution in [0.4, 0.5) is 4.79 Å². The Bertz CT molecular complexity index is 280. The molecule has 3 N–H and O–H groups in total. The second kappa shape index (κ2) is 5.18. The van der Waals surface area contributed by atoms with Crippen molar-refractivity contribution in [2.45, 2.75) is 45.6 Å². The van der Waals surface area contributed by atoms with Gasteiger partial charge in [-0.2, -0.15) is 0 Å². The summed E-state index contributed by atoms with van der Waals surface area (Å²) in [6.07, 6.45) is 3.25. The minimum Gasteiger partial charge on any atom is -0.481 e. The lowest BCUT2D eigenvalue weighted by molar-refractivity contribution is -0.151. The molecule has 1 aliphatic rings. The molecule has 0 radical (unpaired) electrons. The third-order valence-corrected chi connectivity index (χ3v) is 3.34. The second-order valence-electron chi connectivity index (χ2n) is 4.52. The average Bonchev–Trinajstić information content (AvgIpc) is 2.21. The van der Waals surface area contributed by atoms with Crippen molar-refractivity contribution in [3.8, 4) is 0 Å². The fourth-order valence-electron chi connectivity index (χ4n) is 2.19. The summed E-state index contributed by atoms with van der Waals surface area (Å²) in [7, 11) is 0. The van der Waals surface area contributed by atoms with Gasteiger partial charge in [0.1, 0.15) is 0 Å². The standard InChI is InChI=1S/C11H20N2O3/c1-3-12-10(16)13-8-6-4-5-7-11(8,2)9(14)15/h8H,3-7H2,1-2H3,(H,14,15)(H2,12,13,16). The van der Waals surface area contributed by atoms with Crippen LogP contribution in [0.15, 0.2) is 0 Å². The second-order valence-corrected chi connectivity index (χ2v) is 4.52. The lowest BCUT2D eigenvalue weighted by atomic mass is 9.72. The summed E-state index contributed by atoms with van der Waals surface area (Å²) in [4.78, 5) is 22.7. The zero-order chi connectivity index (χ0) is 12.2. The molecule has 0 heterocycles. The predicted octanol–water partition coefficient (Wildman–Crippen LogP) is 1.34. The maximum atomic E-state index is 11.4. The molecule has 16 heavy (non-hydrogen) atoms. The van der Waals surface area contributed by atoms with Crippen molar-refractivity contribution in [3.05, 3.63) is 0 Å². The van der Waals surface area contributed by atoms with Gasteiger partial charge < -0.3 is 15.7 Å². The van der Waals surface area contributed by atoms with E-state index in [1.54, 1.807) is 6.92 Å². The van der Waals surface area contributed by atoms with Crippen LogP contribution >= 0.6 is 0 Å². The quantitative estimate of drug-likeness (QED) is 0.682. The van der Waals surface area contributed by atoms with Gasteiger partial charge in [-0.25, -0.2) is 4.79 Å². The Balaban J connectivity index is 2.67. The Morgan fingerprint density at radius 1 is 1.44 bits per heavy atom. The highest BCUT2D eigenvalue weighted by Gasteiger charge is 2.43. The van der Waals surface area contributed by atoms with Crippen LogP contribution in [-0.4, -0.2) is 29.7 Å². The van der Waals surface area contributed by atoms with Gasteiger partial charge in [0.05, 0.1) is 5.41 Å². The fourth-order valence-corrected chi connectivity index (χ4v) is 2.19. The molecule has 0 aromatic heterocycles. The van der Waals surface area contributed by atoms with Crippen LogP contribution < -0.4 is 10.6 Å². The molecule has 2 amide bonds. The van der Waals surface area contributed by atoms with E-state index in [2.05, 4.69) is 10.6 Å². The van der Waals surface area contributed by atoms with Crippen LogP contribution in [0.1, 0.15) is 39.5 Å². The van der Waals surface area contributed by atoms with Crippen molar-refractivity contribution in [1.82, 2.24) is 10.6 Å². The van der Waals surface area contributed by atoms with E-state index >= 15 is 0 Å². The van der Waals surface area contributed by atoms with Crippen molar-refractivity contribution in [2.75, 3.05) is 6.54 Å². The fraction of sp³-hybridized carbons (Fsp3) is 0.818. The molecule has 0 saturated heterocycles. The maximum absolute atomic E-state index is 11.4. The third-order valence-electron chi connectivity index (χ3n) is 3.34. The third kappa shape index (κ3) is 2.65. The van der Waals surface area contributed by atoms with Crippen LogP contribution in [0, 0.1) is 5.41 Å². The molecule has 5 nitrogen and oxygen atoms in total. The van der Waals surface area contributed by atoms with Crippen LogP contribution in [0.5, 0.6) is 0 Å². The summed E-state index contributed by atoms with van der Waals surface area (Å²) < 4.78 is 0. The van der Waals surface area contributed by atoms with Crippen molar-refractivity contribution in [1.29, 1.82) is 0 Å². The number of urea groups is 1. The van der Waals surface area contributed by atoms with Gasteiger partial charge in [0.25, 0.3) is 0 Å². The number of carboxylic acid groups (broad SMARTS) is 1. The number of hydrogen-bond acceptors (Lipinski definition) is 2. The van der Waals surface area contributed by atoms with Crippen molar-refractivity contribution in [2.24, 2.45) is 5.41 Å². The molecule has 2 atom stereocenters. The van der Waals surface area contributed by atoms with E-state index in [9.17, 15) is 14.7 Å². The Hall–Kier alpha value is -1.26. The first-order valence-corrected chi connectivity index (χ1v) is 5.78. The van der Waals surface area contributed by atoms with E-state index in [1.807, 2.05) is 6.92 Å². The molecule has 0 spiro atoms. The molecule has 1 rings (SSSR count). The first-order valence-electron chi connectivity index (χ1n) is 5.78. The molecule has 92 valence electrons. The highest BCUT2D eigenvalue weighted by molar-refractivity contribution is 5.78. The minimum absolute atomic E-state index is 0.273. The van der Waals surface area contributed by atoms with Gasteiger partial charge in [-0.3, -0.25) is 4.79 Å². The smallest absolute Gasteiger partial charge is 0.315 e. The topological polar surface area (TPSA) is 78.4 Å². The molecule has 0 aromatic rings. The summed E-state index contributed by atoms with van der Waals surface area (Å²) in [5.41, 5.74) is -0.830. The number of carboxylic acids is 1. The summed E-state index contributed by atoms with van der Waals surface area (Å²) in [5.74, 6) is -0.825. The van der Waals surface area contributed by atoms with Gasteiger partial charge in [-0.1, -0.05) is 12.8 Å². The van der Waals surface area contributed by atoms with Crippen molar-refractivity contribution in [3.63, 3.8) is 0 Å². The molecule has 5 heteroatoms. The van der Waals surface area contributed by atoms with E-state index in [1.165, 1.54) is 0 Å². The highest BCUT2D eigenvalue weighted by Crippen LogP contribution is 2.36. The molecular formula is C11H20N2O3. The first-order chi connectivity index (χ1) is 7.50. The van der Waals surface area contributed by atoms with E-state index in [-0.39, 0.29) is 12.1 Å². The Kier molecular flexibility index (Phi) is 4.15. The van der Waals surface area contributed by atoms with Crippen LogP contribution in [0.2, 0.25) is 0 Å². The number of nitrogens with one attached hydrogen (secondary N) is 2. The zero-order valence-corrected chi connectivity index (χ0v) is 9.88. The average molecular weight is 228 g/mol. The van der Waals surface area contributed by atoms with Crippen LogP contribution in [0.25, 0.3) is 0 Å². The Labute approximate surface area is 95.6 Å². The van der Waals surface area contributed by atoms with Gasteiger partial charge in [-0.05, 0) is 26.7 Å². The van der Waals surface area contributed by atoms with E-state index in [4.69, 9.17) is 0 Å². The van der Waals surface area contributed by atoms with Crippen molar-refractivity contribution < 1.29 is 14.7 Å². The van der Waals surface area contributed by atoms with Gasteiger partial charge in [0.15, 0.2) is 0 Å². The minimum atomic E-state index is -0.830. The summed E-state index contributed by atoms with van der Waals surface area (Å²) in [6, 6.07) is -0.549. The summed E-state index contributed by atoms with van der Waals surface area (Å²) in [5, 5.41) is 14.6. The molecule has 1 aliphatic carbocycles. The van der Waals surface area contributed by atoms with E-state index in [0.29, 0.717) is 13.0 Å². The lowest BCUT2D eigenvalue weighted by Crippen LogP contribution is -2.54. The SMILES string of the molecule is CCNC(=O)NC1CCCCC1(C)C(=O)O. The molecule has 0 bridgehead atoms. The van der Waals surface area contributed by atoms with Gasteiger partial charge in [0.2, 0.25) is 0 Å². The normalized spacial score (nSPS) is 29.5. The summed E-state index contributed by atoms with van der Waals surface area (Å²) in [6.45, 7) is 4.09. The van der Waals surface area contributed by atoms with Gasteiger partial charge in [-0.15, -0.1) is 0 Å². The number of rotatable bonds is 3. The zero-order valence-electron chi connectivity index (χ0n) is 9.88. The van der Waals surface area contributed by atoms with Gasteiger partial charge in [0, 0.05) is 12.6 Å². The maximum Gasteiger partial charge on any atom is 0.315 e. The monoisotopic (exact) mass is 228 g/mol. The molecular weight excluding hydrogens is 208 g/mol. The molecule has 2 unspecified atom stereocenters. The van der Waals surface area contributed by atoms with E-state index < -0.39 is 11.4 Å². The molecule has 1 saturated carbocycles. The van der Waals surface area contributed by atoms with E-state index in [0.717, 1.165) is 19.3 Å². The summed E-state index contributed by atoms with van der Waals surface area (Å²) >= 11 is 0. The first kappa shape index (κ1) is 12.8. The number of amides is 2. The Morgan fingerprint density at radius 2 is 2.12 bits per heavy atom. The lowest BCUT2D eigenvalue weighted by Gasteiger charge is -2.38. The number of hydrogen-bond donors (Lipinski definition) is 3. The largest absolute Gasteiger partial charge is 0.481 e. The number of aliphatic carboxylic acids is 1. The van der Waals surface area contributed by atoms with Crippen molar-refractivity contribution >= 4 is 12.0 Å².